The molecule has 0 atom stereocenters. The first-order chi connectivity index (χ1) is 13.4. The number of ether oxygens (including phenoxy) is 1. The second-order valence-corrected chi connectivity index (χ2v) is 6.08. The largest absolute Gasteiger partial charge is 0.504 e. The van der Waals surface area contributed by atoms with Crippen LogP contribution in [0, 0.1) is 11.3 Å². The Bertz CT molecular complexity index is 1100. The summed E-state index contributed by atoms with van der Waals surface area (Å²) in [7, 11) is 1.45. The number of nitrogens with zero attached hydrogens (tertiary/aromatic N) is 2. The Kier molecular flexibility index (Phi) is 5.14. The third-order valence-corrected chi connectivity index (χ3v) is 4.13. The molecule has 0 bridgehead atoms. The maximum absolute atomic E-state index is 11.3. The van der Waals surface area contributed by atoms with E-state index in [0.29, 0.717) is 22.5 Å². The number of phenols is 1. The van der Waals surface area contributed by atoms with Crippen LogP contribution >= 0.6 is 0 Å². The molecule has 0 fully saturated rings. The van der Waals surface area contributed by atoms with Crippen LogP contribution < -0.4 is 15.8 Å². The highest BCUT2D eigenvalue weighted by Crippen LogP contribution is 2.36. The number of benzene rings is 2. The standard InChI is InChI=1S/C21H18N4O3/c1-12(26)24-15-5-3-4-14(8-15)18-10-16(17(11-22)21(23)25-18)13-6-7-19(27)20(9-13)28-2/h3-10,27H,1-2H3,(H2,23,25)(H,24,26). The van der Waals surface area contributed by atoms with Crippen LogP contribution in [0.4, 0.5) is 11.5 Å². The summed E-state index contributed by atoms with van der Waals surface area (Å²) in [4.78, 5) is 15.7. The van der Waals surface area contributed by atoms with E-state index in [1.54, 1.807) is 36.4 Å². The maximum Gasteiger partial charge on any atom is 0.221 e. The number of nitrogens with two attached hydrogens (primary N) is 1. The molecule has 7 nitrogen and oxygen atoms in total. The van der Waals surface area contributed by atoms with E-state index in [9.17, 15) is 15.2 Å². The Morgan fingerprint density at radius 3 is 2.68 bits per heavy atom. The minimum absolute atomic E-state index is 0.00461. The Balaban J connectivity index is 2.17. The molecule has 0 radical (unpaired) electrons. The van der Waals surface area contributed by atoms with E-state index in [-0.39, 0.29) is 28.8 Å². The lowest BCUT2D eigenvalue weighted by Crippen LogP contribution is -2.05. The molecule has 3 aromatic rings. The quantitative estimate of drug-likeness (QED) is 0.642. The Labute approximate surface area is 162 Å². The minimum atomic E-state index is -0.179. The van der Waals surface area contributed by atoms with Gasteiger partial charge in [0.15, 0.2) is 11.5 Å². The highest BCUT2D eigenvalue weighted by molar-refractivity contribution is 5.90. The van der Waals surface area contributed by atoms with Gasteiger partial charge in [0, 0.05) is 23.7 Å². The van der Waals surface area contributed by atoms with Crippen LogP contribution in [-0.4, -0.2) is 23.1 Å². The van der Waals surface area contributed by atoms with Crippen LogP contribution in [-0.2, 0) is 4.79 Å². The van der Waals surface area contributed by atoms with Gasteiger partial charge in [0.05, 0.1) is 12.8 Å². The number of aromatic nitrogens is 1. The number of rotatable bonds is 4. The molecule has 0 aliphatic carbocycles. The number of aromatic hydroxyl groups is 1. The summed E-state index contributed by atoms with van der Waals surface area (Å²) in [6, 6.07) is 15.8. The summed E-state index contributed by atoms with van der Waals surface area (Å²) in [6.07, 6.45) is 0. The second-order valence-electron chi connectivity index (χ2n) is 6.08. The summed E-state index contributed by atoms with van der Waals surface area (Å²) in [6.45, 7) is 1.43. The first kappa shape index (κ1) is 18.7. The summed E-state index contributed by atoms with van der Waals surface area (Å²) in [5.41, 5.74) is 9.39. The van der Waals surface area contributed by atoms with Crippen LogP contribution in [0.1, 0.15) is 12.5 Å². The lowest BCUT2D eigenvalue weighted by atomic mass is 9.98. The van der Waals surface area contributed by atoms with Gasteiger partial charge in [0.1, 0.15) is 17.5 Å². The molecule has 1 aromatic heterocycles. The molecular weight excluding hydrogens is 356 g/mol. The van der Waals surface area contributed by atoms with Gasteiger partial charge in [-0.1, -0.05) is 18.2 Å². The van der Waals surface area contributed by atoms with Gasteiger partial charge in [-0.3, -0.25) is 4.79 Å². The number of nitrogen functional groups attached to an aromatic ring is 1. The van der Waals surface area contributed by atoms with Crippen molar-refractivity contribution < 1.29 is 14.6 Å². The number of hydrogen-bond acceptors (Lipinski definition) is 6. The normalized spacial score (nSPS) is 10.2. The van der Waals surface area contributed by atoms with Crippen LogP contribution in [0.2, 0.25) is 0 Å². The summed E-state index contributed by atoms with van der Waals surface area (Å²) < 4.78 is 5.16. The van der Waals surface area contributed by atoms with Crippen molar-refractivity contribution in [2.45, 2.75) is 6.92 Å². The van der Waals surface area contributed by atoms with Crippen molar-refractivity contribution in [3.8, 4) is 40.0 Å². The molecule has 0 saturated carbocycles. The number of pyridine rings is 1. The number of phenolic OH excluding ortho intramolecular Hbond substituents is 1. The van der Waals surface area contributed by atoms with Gasteiger partial charge in [-0.05, 0) is 35.9 Å². The molecule has 4 N–H and O–H groups in total. The van der Waals surface area contributed by atoms with Crippen molar-refractivity contribution in [2.24, 2.45) is 0 Å². The lowest BCUT2D eigenvalue weighted by Gasteiger charge is -2.12. The first-order valence-corrected chi connectivity index (χ1v) is 8.39. The van der Waals surface area contributed by atoms with E-state index in [1.165, 1.54) is 20.1 Å². The fourth-order valence-corrected chi connectivity index (χ4v) is 2.86. The average Bonchev–Trinajstić information content (AvgIpc) is 2.67. The molecule has 0 aliphatic heterocycles. The predicted molar refractivity (Wildman–Crippen MR) is 107 cm³/mol. The smallest absolute Gasteiger partial charge is 0.221 e. The number of carbonyl (C=O) groups is 1. The van der Waals surface area contributed by atoms with Gasteiger partial charge in [0.25, 0.3) is 0 Å². The Hall–Kier alpha value is -4.05. The molecule has 1 amide bonds. The van der Waals surface area contributed by atoms with E-state index in [0.717, 1.165) is 5.56 Å². The van der Waals surface area contributed by atoms with Crippen LogP contribution in [0.15, 0.2) is 48.5 Å². The van der Waals surface area contributed by atoms with Crippen molar-refractivity contribution in [1.29, 1.82) is 5.26 Å². The number of amides is 1. The molecule has 0 aliphatic rings. The molecule has 140 valence electrons. The zero-order chi connectivity index (χ0) is 20.3. The second kappa shape index (κ2) is 7.68. The lowest BCUT2D eigenvalue weighted by molar-refractivity contribution is -0.114. The fraction of sp³-hybridized carbons (Fsp3) is 0.0952. The van der Waals surface area contributed by atoms with E-state index in [2.05, 4.69) is 16.4 Å². The summed E-state index contributed by atoms with van der Waals surface area (Å²) in [5, 5.41) is 22.1. The van der Waals surface area contributed by atoms with Gasteiger partial charge in [-0.25, -0.2) is 4.98 Å². The van der Waals surface area contributed by atoms with E-state index in [4.69, 9.17) is 10.5 Å². The summed E-state index contributed by atoms with van der Waals surface area (Å²) in [5.74, 6) is 0.189. The van der Waals surface area contributed by atoms with Crippen molar-refractivity contribution in [1.82, 2.24) is 4.98 Å². The Morgan fingerprint density at radius 2 is 2.00 bits per heavy atom. The van der Waals surface area contributed by atoms with Crippen molar-refractivity contribution in [2.75, 3.05) is 18.2 Å². The highest BCUT2D eigenvalue weighted by Gasteiger charge is 2.15. The van der Waals surface area contributed by atoms with Crippen molar-refractivity contribution in [3.63, 3.8) is 0 Å². The zero-order valence-corrected chi connectivity index (χ0v) is 15.4. The number of hydrogen-bond donors (Lipinski definition) is 3. The molecule has 0 unspecified atom stereocenters. The zero-order valence-electron chi connectivity index (χ0n) is 15.4. The molecule has 3 rings (SSSR count). The van der Waals surface area contributed by atoms with Crippen molar-refractivity contribution in [3.05, 3.63) is 54.1 Å². The minimum Gasteiger partial charge on any atom is -0.504 e. The van der Waals surface area contributed by atoms with Gasteiger partial charge < -0.3 is 20.9 Å². The molecule has 2 aromatic carbocycles. The Morgan fingerprint density at radius 1 is 1.21 bits per heavy atom. The molecule has 7 heteroatoms. The molecule has 0 spiro atoms. The van der Waals surface area contributed by atoms with E-state index in [1.807, 2.05) is 6.07 Å². The van der Waals surface area contributed by atoms with Crippen LogP contribution in [0.3, 0.4) is 0 Å². The van der Waals surface area contributed by atoms with Crippen LogP contribution in [0.5, 0.6) is 11.5 Å². The molecule has 0 saturated heterocycles. The summed E-state index contributed by atoms with van der Waals surface area (Å²) >= 11 is 0. The number of anilines is 2. The van der Waals surface area contributed by atoms with Gasteiger partial charge in [0.2, 0.25) is 5.91 Å². The topological polar surface area (TPSA) is 121 Å². The number of nitrogens with one attached hydrogen (secondary N) is 1. The highest BCUT2D eigenvalue weighted by atomic mass is 16.5. The SMILES string of the molecule is COc1cc(-c2cc(-c3cccc(NC(C)=O)c3)nc(N)c2C#N)ccc1O. The van der Waals surface area contributed by atoms with E-state index < -0.39 is 0 Å². The molecule has 1 heterocycles. The third kappa shape index (κ3) is 3.71. The van der Waals surface area contributed by atoms with Gasteiger partial charge in [-0.2, -0.15) is 5.26 Å². The first-order valence-electron chi connectivity index (χ1n) is 8.39. The number of carbonyl (C=O) groups excluding carboxylic acids is 1. The van der Waals surface area contributed by atoms with Gasteiger partial charge >= 0.3 is 0 Å². The fourth-order valence-electron chi connectivity index (χ4n) is 2.86. The van der Waals surface area contributed by atoms with Crippen molar-refractivity contribution >= 4 is 17.4 Å². The predicted octanol–water partition coefficient (Wildman–Crippen LogP) is 3.54. The average molecular weight is 374 g/mol. The maximum atomic E-state index is 11.3. The van der Waals surface area contributed by atoms with Crippen LogP contribution in [0.25, 0.3) is 22.4 Å². The number of nitriles is 1. The third-order valence-electron chi connectivity index (χ3n) is 4.13. The van der Waals surface area contributed by atoms with E-state index >= 15 is 0 Å². The monoisotopic (exact) mass is 374 g/mol. The molecular formula is C21H18N4O3. The molecule has 28 heavy (non-hydrogen) atoms. The van der Waals surface area contributed by atoms with Gasteiger partial charge in [-0.15, -0.1) is 0 Å². The number of methoxy groups -OCH3 is 1.